The quantitative estimate of drug-likeness (QED) is 0.714. The molecule has 0 spiro atoms. The van der Waals surface area contributed by atoms with Crippen molar-refractivity contribution in [1.82, 2.24) is 20.5 Å². The Labute approximate surface area is 149 Å². The van der Waals surface area contributed by atoms with Gasteiger partial charge in [0.25, 0.3) is 5.91 Å². The Bertz CT molecular complexity index is 729. The molecule has 8 heteroatoms. The number of aromatic nitrogens is 1. The Morgan fingerprint density at radius 2 is 2.00 bits per heavy atom. The van der Waals surface area contributed by atoms with E-state index in [1.807, 2.05) is 30.3 Å². The van der Waals surface area contributed by atoms with Gasteiger partial charge in [0, 0.05) is 37.1 Å². The summed E-state index contributed by atoms with van der Waals surface area (Å²) in [6.07, 6.45) is 0. The number of carbonyl (C=O) groups excluding carboxylic acids is 2. The second kappa shape index (κ2) is 8.19. The average Bonchev–Trinajstić information content (AvgIpc) is 3.17. The predicted molar refractivity (Wildman–Crippen MR) is 95.3 cm³/mol. The summed E-state index contributed by atoms with van der Waals surface area (Å²) in [5, 5.41) is 17.6. The highest BCUT2D eigenvalue weighted by Gasteiger charge is 2.27. The topological polar surface area (TPSA) is 94.6 Å². The molecule has 2 heterocycles. The van der Waals surface area contributed by atoms with E-state index in [4.69, 9.17) is 0 Å². The van der Waals surface area contributed by atoms with Gasteiger partial charge < -0.3 is 20.6 Å². The van der Waals surface area contributed by atoms with Crippen LogP contribution in [-0.2, 0) is 4.79 Å². The number of benzene rings is 1. The number of aliphatic hydroxyl groups excluding tert-OH is 1. The zero-order valence-electron chi connectivity index (χ0n) is 13.6. The van der Waals surface area contributed by atoms with Gasteiger partial charge in [0.15, 0.2) is 0 Å². The molecule has 0 bridgehead atoms. The van der Waals surface area contributed by atoms with Gasteiger partial charge in [-0.25, -0.2) is 4.98 Å². The molecular formula is C17H20N4O3S. The number of nitrogens with one attached hydrogen (secondary N) is 2. The summed E-state index contributed by atoms with van der Waals surface area (Å²) in [5.74, 6) is -0.725. The number of rotatable bonds is 5. The van der Waals surface area contributed by atoms with Crippen LogP contribution < -0.4 is 10.6 Å². The molecule has 2 aromatic rings. The van der Waals surface area contributed by atoms with Crippen molar-refractivity contribution in [1.29, 1.82) is 0 Å². The molecular weight excluding hydrogens is 340 g/mol. The molecule has 132 valence electrons. The first kappa shape index (κ1) is 17.5. The zero-order valence-corrected chi connectivity index (χ0v) is 14.5. The molecule has 3 rings (SSSR count). The lowest BCUT2D eigenvalue weighted by Gasteiger charge is -2.30. The SMILES string of the molecule is O=C(N[C@@H](CO)C(=O)N1CCNCC1)c1csc(-c2ccccc2)n1. The largest absolute Gasteiger partial charge is 0.394 e. The van der Waals surface area contributed by atoms with Crippen molar-refractivity contribution in [2.45, 2.75) is 6.04 Å². The predicted octanol–water partition coefficient (Wildman–Crippen LogP) is 0.333. The third kappa shape index (κ3) is 4.22. The zero-order chi connectivity index (χ0) is 17.6. The number of hydrogen-bond donors (Lipinski definition) is 3. The summed E-state index contributed by atoms with van der Waals surface area (Å²) in [6.45, 7) is 2.12. The van der Waals surface area contributed by atoms with E-state index in [0.29, 0.717) is 26.2 Å². The number of carbonyl (C=O) groups is 2. The van der Waals surface area contributed by atoms with Crippen LogP contribution in [0.2, 0.25) is 0 Å². The maximum Gasteiger partial charge on any atom is 0.271 e. The van der Waals surface area contributed by atoms with Gasteiger partial charge in [-0.1, -0.05) is 30.3 Å². The van der Waals surface area contributed by atoms with Crippen molar-refractivity contribution in [3.05, 3.63) is 41.4 Å². The summed E-state index contributed by atoms with van der Waals surface area (Å²) in [7, 11) is 0. The fourth-order valence-electron chi connectivity index (χ4n) is 2.61. The van der Waals surface area contributed by atoms with Crippen LogP contribution in [0.4, 0.5) is 0 Å². The number of amides is 2. The molecule has 0 radical (unpaired) electrons. The number of nitrogens with zero attached hydrogens (tertiary/aromatic N) is 2. The van der Waals surface area contributed by atoms with Crippen LogP contribution in [0, 0.1) is 0 Å². The minimum Gasteiger partial charge on any atom is -0.394 e. The van der Waals surface area contributed by atoms with E-state index >= 15 is 0 Å². The molecule has 3 N–H and O–H groups in total. The van der Waals surface area contributed by atoms with Crippen LogP contribution >= 0.6 is 11.3 Å². The Morgan fingerprint density at radius 3 is 2.68 bits per heavy atom. The van der Waals surface area contributed by atoms with E-state index in [2.05, 4.69) is 15.6 Å². The molecule has 0 unspecified atom stereocenters. The van der Waals surface area contributed by atoms with Crippen molar-refractivity contribution >= 4 is 23.2 Å². The van der Waals surface area contributed by atoms with Crippen LogP contribution in [0.1, 0.15) is 10.5 Å². The van der Waals surface area contributed by atoms with Crippen LogP contribution in [0.25, 0.3) is 10.6 Å². The van der Waals surface area contributed by atoms with E-state index in [1.54, 1.807) is 10.3 Å². The van der Waals surface area contributed by atoms with Crippen LogP contribution in [-0.4, -0.2) is 65.6 Å². The highest BCUT2D eigenvalue weighted by atomic mass is 32.1. The second-order valence-electron chi connectivity index (χ2n) is 5.69. The minimum atomic E-state index is -0.951. The molecule has 7 nitrogen and oxygen atoms in total. The van der Waals surface area contributed by atoms with Gasteiger partial charge in [-0.05, 0) is 0 Å². The van der Waals surface area contributed by atoms with E-state index < -0.39 is 18.6 Å². The first-order valence-electron chi connectivity index (χ1n) is 8.11. The van der Waals surface area contributed by atoms with Gasteiger partial charge in [0.2, 0.25) is 5.91 Å². The average molecular weight is 360 g/mol. The number of aliphatic hydroxyl groups is 1. The van der Waals surface area contributed by atoms with Gasteiger partial charge in [0.05, 0.1) is 6.61 Å². The molecule has 1 aromatic heterocycles. The van der Waals surface area contributed by atoms with Gasteiger partial charge >= 0.3 is 0 Å². The fraction of sp³-hybridized carbons (Fsp3) is 0.353. The van der Waals surface area contributed by atoms with Crippen molar-refractivity contribution in [3.63, 3.8) is 0 Å². The van der Waals surface area contributed by atoms with E-state index in [0.717, 1.165) is 10.6 Å². The molecule has 0 aliphatic carbocycles. The molecule has 1 saturated heterocycles. The van der Waals surface area contributed by atoms with Gasteiger partial charge in [0.1, 0.15) is 16.7 Å². The molecule has 1 aliphatic rings. The lowest BCUT2D eigenvalue weighted by atomic mass is 10.2. The minimum absolute atomic E-state index is 0.246. The third-order valence-electron chi connectivity index (χ3n) is 3.97. The maximum absolute atomic E-state index is 12.4. The first-order valence-corrected chi connectivity index (χ1v) is 8.99. The maximum atomic E-state index is 12.4. The number of hydrogen-bond acceptors (Lipinski definition) is 6. The number of thiazole rings is 1. The Morgan fingerprint density at radius 1 is 1.28 bits per heavy atom. The van der Waals surface area contributed by atoms with Gasteiger partial charge in [-0.2, -0.15) is 0 Å². The summed E-state index contributed by atoms with van der Waals surface area (Å²) >= 11 is 1.36. The van der Waals surface area contributed by atoms with Crippen LogP contribution in [0.5, 0.6) is 0 Å². The van der Waals surface area contributed by atoms with Crippen LogP contribution in [0.15, 0.2) is 35.7 Å². The number of piperazine rings is 1. The van der Waals surface area contributed by atoms with Crippen molar-refractivity contribution in [2.75, 3.05) is 32.8 Å². The smallest absolute Gasteiger partial charge is 0.271 e. The van der Waals surface area contributed by atoms with E-state index in [-0.39, 0.29) is 11.6 Å². The Hall–Kier alpha value is -2.29. The van der Waals surface area contributed by atoms with Gasteiger partial charge in [-0.3, -0.25) is 9.59 Å². The molecule has 2 amide bonds. The highest BCUT2D eigenvalue weighted by Crippen LogP contribution is 2.23. The third-order valence-corrected chi connectivity index (χ3v) is 4.86. The Balaban J connectivity index is 1.66. The highest BCUT2D eigenvalue weighted by molar-refractivity contribution is 7.13. The second-order valence-corrected chi connectivity index (χ2v) is 6.55. The monoisotopic (exact) mass is 360 g/mol. The lowest BCUT2D eigenvalue weighted by Crippen LogP contribution is -2.55. The van der Waals surface area contributed by atoms with Crippen molar-refractivity contribution < 1.29 is 14.7 Å². The summed E-state index contributed by atoms with van der Waals surface area (Å²) < 4.78 is 0. The molecule has 25 heavy (non-hydrogen) atoms. The van der Waals surface area contributed by atoms with Crippen LogP contribution in [0.3, 0.4) is 0 Å². The molecule has 1 aromatic carbocycles. The molecule has 0 saturated carbocycles. The van der Waals surface area contributed by atoms with E-state index in [9.17, 15) is 14.7 Å². The Kier molecular flexibility index (Phi) is 5.75. The standard InChI is InChI=1S/C17H20N4O3S/c22-10-13(17(24)21-8-6-18-7-9-21)19-15(23)14-11-25-16(20-14)12-4-2-1-3-5-12/h1-5,11,13,18,22H,6-10H2,(H,19,23)/t13-/m0/s1. The summed E-state index contributed by atoms with van der Waals surface area (Å²) in [6, 6.07) is 8.62. The molecule has 1 atom stereocenters. The fourth-order valence-corrected chi connectivity index (χ4v) is 3.42. The molecule has 1 aliphatic heterocycles. The summed E-state index contributed by atoms with van der Waals surface area (Å²) in [5.41, 5.74) is 1.18. The van der Waals surface area contributed by atoms with Gasteiger partial charge in [-0.15, -0.1) is 11.3 Å². The molecule has 1 fully saturated rings. The lowest BCUT2D eigenvalue weighted by molar-refractivity contribution is -0.134. The van der Waals surface area contributed by atoms with Crippen molar-refractivity contribution in [3.8, 4) is 10.6 Å². The first-order chi connectivity index (χ1) is 12.2. The van der Waals surface area contributed by atoms with E-state index in [1.165, 1.54) is 11.3 Å². The summed E-state index contributed by atoms with van der Waals surface area (Å²) in [4.78, 5) is 30.8. The normalized spacial score (nSPS) is 15.6. The van der Waals surface area contributed by atoms with Crippen molar-refractivity contribution in [2.24, 2.45) is 0 Å².